The number of nitrogens with zero attached hydrogens (tertiary/aromatic N) is 1. The van der Waals surface area contributed by atoms with E-state index in [4.69, 9.17) is 0 Å². The molecule has 7 aromatic carbocycles. The fourth-order valence-electron chi connectivity index (χ4n) is 11.4. The first-order valence-electron chi connectivity index (χ1n) is 19.0. The Morgan fingerprint density at radius 1 is 0.412 bits per heavy atom. The summed E-state index contributed by atoms with van der Waals surface area (Å²) in [5, 5.41) is 2.49. The molecule has 5 aliphatic rings. The van der Waals surface area contributed by atoms with Crippen LogP contribution < -0.4 is 4.90 Å². The van der Waals surface area contributed by atoms with Gasteiger partial charge in [0, 0.05) is 22.2 Å². The lowest BCUT2D eigenvalue weighted by Crippen LogP contribution is -2.55. The summed E-state index contributed by atoms with van der Waals surface area (Å²) in [5.74, 6) is 3.45. The van der Waals surface area contributed by atoms with Crippen LogP contribution in [0.2, 0.25) is 0 Å². The lowest BCUT2D eigenvalue weighted by molar-refractivity contribution is -0.0399. The predicted octanol–water partition coefficient (Wildman–Crippen LogP) is 13.4. The quantitative estimate of drug-likeness (QED) is 0.178. The van der Waals surface area contributed by atoms with E-state index in [1.54, 1.807) is 11.1 Å². The monoisotopic (exact) mass is 655 g/mol. The van der Waals surface area contributed by atoms with Gasteiger partial charge < -0.3 is 4.90 Å². The molecule has 0 saturated heterocycles. The van der Waals surface area contributed by atoms with Gasteiger partial charge in [0.05, 0.1) is 5.69 Å². The predicted molar refractivity (Wildman–Crippen MR) is 213 cm³/mol. The SMILES string of the molecule is c1ccc(-c2ccc(N(c3ccc(-c4ccc5c(c4)C4(c6ccccc6-5)C5CC6CC(C5)CC4C6)cc3)c3cccc4ccccc34)cc2)cc1. The van der Waals surface area contributed by atoms with Crippen molar-refractivity contribution in [2.24, 2.45) is 23.7 Å². The van der Waals surface area contributed by atoms with Crippen molar-refractivity contribution in [1.82, 2.24) is 0 Å². The van der Waals surface area contributed by atoms with Gasteiger partial charge in [0.15, 0.2) is 0 Å². The summed E-state index contributed by atoms with van der Waals surface area (Å²) in [6, 6.07) is 61.3. The van der Waals surface area contributed by atoms with Crippen LogP contribution in [0.4, 0.5) is 17.1 Å². The molecule has 0 unspecified atom stereocenters. The average molecular weight is 656 g/mol. The summed E-state index contributed by atoms with van der Waals surface area (Å²) in [5.41, 5.74) is 15.0. The minimum absolute atomic E-state index is 0.187. The molecule has 1 heteroatoms. The molecule has 0 atom stereocenters. The number of rotatable bonds is 5. The molecule has 0 heterocycles. The Balaban J connectivity index is 1.01. The molecule has 0 aromatic heterocycles. The lowest BCUT2D eigenvalue weighted by Gasteiger charge is -2.61. The second-order valence-corrected chi connectivity index (χ2v) is 15.8. The molecule has 0 aliphatic heterocycles. The smallest absolute Gasteiger partial charge is 0.0540 e. The van der Waals surface area contributed by atoms with Crippen LogP contribution in [-0.4, -0.2) is 0 Å². The first-order valence-corrected chi connectivity index (χ1v) is 19.0. The Morgan fingerprint density at radius 2 is 0.961 bits per heavy atom. The molecule has 51 heavy (non-hydrogen) atoms. The summed E-state index contributed by atoms with van der Waals surface area (Å²) < 4.78 is 0. The van der Waals surface area contributed by atoms with E-state index in [0.717, 1.165) is 35.0 Å². The third kappa shape index (κ3) is 4.40. The van der Waals surface area contributed by atoms with Crippen LogP contribution in [0.5, 0.6) is 0 Å². The molecule has 7 aromatic rings. The van der Waals surface area contributed by atoms with E-state index in [9.17, 15) is 0 Å². The Kier molecular flexibility index (Phi) is 6.50. The molecule has 246 valence electrons. The third-order valence-corrected chi connectivity index (χ3v) is 13.3. The van der Waals surface area contributed by atoms with Crippen LogP contribution in [0.15, 0.2) is 164 Å². The summed E-state index contributed by atoms with van der Waals surface area (Å²) in [7, 11) is 0. The zero-order valence-electron chi connectivity index (χ0n) is 28.9. The minimum Gasteiger partial charge on any atom is -0.310 e. The van der Waals surface area contributed by atoms with E-state index < -0.39 is 0 Å². The zero-order valence-corrected chi connectivity index (χ0v) is 28.9. The first-order chi connectivity index (χ1) is 25.2. The second kappa shape index (κ2) is 11.3. The highest BCUT2D eigenvalue weighted by molar-refractivity contribution is 5.99. The molecule has 12 rings (SSSR count). The molecular formula is C50H41N. The van der Waals surface area contributed by atoms with Crippen molar-refractivity contribution in [2.75, 3.05) is 4.90 Å². The van der Waals surface area contributed by atoms with Crippen molar-refractivity contribution < 1.29 is 0 Å². The van der Waals surface area contributed by atoms with E-state index in [1.807, 2.05) is 0 Å². The molecule has 4 saturated carbocycles. The van der Waals surface area contributed by atoms with Gasteiger partial charge in [-0.15, -0.1) is 0 Å². The largest absolute Gasteiger partial charge is 0.310 e. The fourth-order valence-corrected chi connectivity index (χ4v) is 11.4. The van der Waals surface area contributed by atoms with Crippen LogP contribution in [0.3, 0.4) is 0 Å². The normalized spacial score (nSPS) is 23.8. The van der Waals surface area contributed by atoms with E-state index in [1.165, 1.54) is 81.9 Å². The van der Waals surface area contributed by atoms with E-state index in [-0.39, 0.29) is 5.41 Å². The summed E-state index contributed by atoms with van der Waals surface area (Å²) in [4.78, 5) is 2.42. The van der Waals surface area contributed by atoms with Gasteiger partial charge >= 0.3 is 0 Å². The van der Waals surface area contributed by atoms with Crippen LogP contribution in [0, 0.1) is 23.7 Å². The molecule has 0 amide bonds. The van der Waals surface area contributed by atoms with Gasteiger partial charge in [0.2, 0.25) is 0 Å². The van der Waals surface area contributed by atoms with Crippen molar-refractivity contribution in [2.45, 2.75) is 37.5 Å². The summed E-state index contributed by atoms with van der Waals surface area (Å²) >= 11 is 0. The number of fused-ring (bicyclic) bond motifs is 4. The van der Waals surface area contributed by atoms with E-state index in [2.05, 4.69) is 169 Å². The second-order valence-electron chi connectivity index (χ2n) is 15.8. The molecular weight excluding hydrogens is 615 g/mol. The van der Waals surface area contributed by atoms with E-state index >= 15 is 0 Å². The number of hydrogen-bond donors (Lipinski definition) is 0. The van der Waals surface area contributed by atoms with Crippen molar-refractivity contribution in [3.8, 4) is 33.4 Å². The highest BCUT2D eigenvalue weighted by Gasteiger charge is 2.61. The number of hydrogen-bond acceptors (Lipinski definition) is 1. The molecule has 4 bridgehead atoms. The van der Waals surface area contributed by atoms with Crippen molar-refractivity contribution in [1.29, 1.82) is 0 Å². The van der Waals surface area contributed by atoms with Crippen LogP contribution in [0.25, 0.3) is 44.2 Å². The molecule has 4 fully saturated rings. The Morgan fingerprint density at radius 3 is 1.69 bits per heavy atom. The van der Waals surface area contributed by atoms with Gasteiger partial charge in [0.25, 0.3) is 0 Å². The lowest BCUT2D eigenvalue weighted by atomic mass is 9.43. The maximum Gasteiger partial charge on any atom is 0.0540 e. The third-order valence-electron chi connectivity index (χ3n) is 13.3. The summed E-state index contributed by atoms with van der Waals surface area (Å²) in [6.07, 6.45) is 7.13. The molecule has 0 N–H and O–H groups in total. The van der Waals surface area contributed by atoms with Crippen LogP contribution in [-0.2, 0) is 5.41 Å². The Bertz CT molecular complexity index is 2390. The van der Waals surface area contributed by atoms with Gasteiger partial charge in [0.1, 0.15) is 0 Å². The average Bonchev–Trinajstić information content (AvgIpc) is 3.48. The highest BCUT2D eigenvalue weighted by Crippen LogP contribution is 2.69. The standard InChI is InChI=1S/C50H41N/c1-2-9-35(10-3-1)36-17-22-42(23-18-36)51(49-16-8-12-38-11-4-5-13-44(38)49)43-24-19-37(20-25-43)39-21-26-46-45-14-6-7-15-47(45)50(48(46)32-39)40-28-33-27-34(30-40)31-41(50)29-33/h1-26,32-34,40-41H,27-31H2. The first kappa shape index (κ1) is 29.3. The molecule has 0 radical (unpaired) electrons. The van der Waals surface area contributed by atoms with Crippen LogP contribution in [0.1, 0.15) is 43.2 Å². The number of benzene rings is 7. The fraction of sp³-hybridized carbons (Fsp3) is 0.200. The van der Waals surface area contributed by atoms with Crippen molar-refractivity contribution in [3.63, 3.8) is 0 Å². The Hall–Kier alpha value is -5.40. The van der Waals surface area contributed by atoms with Crippen molar-refractivity contribution in [3.05, 3.63) is 175 Å². The minimum atomic E-state index is 0.187. The topological polar surface area (TPSA) is 3.24 Å². The van der Waals surface area contributed by atoms with Crippen molar-refractivity contribution >= 4 is 27.8 Å². The highest BCUT2D eigenvalue weighted by atomic mass is 15.1. The molecule has 1 nitrogen and oxygen atoms in total. The zero-order chi connectivity index (χ0) is 33.5. The van der Waals surface area contributed by atoms with Gasteiger partial charge in [-0.2, -0.15) is 0 Å². The maximum atomic E-state index is 2.61. The molecule has 1 spiro atoms. The van der Waals surface area contributed by atoms with Gasteiger partial charge in [-0.05, 0) is 142 Å². The van der Waals surface area contributed by atoms with Crippen LogP contribution >= 0.6 is 0 Å². The van der Waals surface area contributed by atoms with Gasteiger partial charge in [-0.3, -0.25) is 0 Å². The number of anilines is 3. The van der Waals surface area contributed by atoms with Gasteiger partial charge in [-0.25, -0.2) is 0 Å². The van der Waals surface area contributed by atoms with Gasteiger partial charge in [-0.1, -0.05) is 127 Å². The molecule has 5 aliphatic carbocycles. The summed E-state index contributed by atoms with van der Waals surface area (Å²) in [6.45, 7) is 0. The maximum absolute atomic E-state index is 2.61. The van der Waals surface area contributed by atoms with E-state index in [0.29, 0.717) is 0 Å². The Labute approximate surface area is 301 Å².